The predicted octanol–water partition coefficient (Wildman–Crippen LogP) is 14.0. The lowest BCUT2D eigenvalue weighted by Gasteiger charge is -2.42. The van der Waals surface area contributed by atoms with Gasteiger partial charge in [0, 0.05) is 64.3 Å². The maximum Gasteiger partial charge on any atom is 0.514 e. The van der Waals surface area contributed by atoms with E-state index in [-0.39, 0.29) is 171 Å². The Kier molecular flexibility index (Phi) is 38.6. The van der Waals surface area contributed by atoms with Crippen molar-refractivity contribution in [1.82, 2.24) is 0 Å². The lowest BCUT2D eigenvalue weighted by molar-refractivity contribution is -0.385. The number of benzene rings is 2. The molecule has 3 amide bonds. The first-order valence-corrected chi connectivity index (χ1v) is 46.6. The molecule has 752 valence electrons. The Hall–Kier alpha value is -7.69. The second-order valence-corrected chi connectivity index (χ2v) is 40.4. The maximum atomic E-state index is 12.6. The number of aliphatic hydroxyl groups is 1. The number of carbonyl (C=O) groups is 7. The van der Waals surface area contributed by atoms with Gasteiger partial charge in [0.05, 0.1) is 133 Å². The maximum absolute atomic E-state index is 12.6. The van der Waals surface area contributed by atoms with Gasteiger partial charge in [-0.15, -0.1) is 12.4 Å². The van der Waals surface area contributed by atoms with Crippen LogP contribution < -0.4 is 32.4 Å². The molecule has 8 aliphatic heterocycles. The molecule has 2 aromatic rings. The van der Waals surface area contributed by atoms with E-state index in [1.54, 1.807) is 28.4 Å². The van der Waals surface area contributed by atoms with Crippen LogP contribution in [0.3, 0.4) is 0 Å². The zero-order valence-electron chi connectivity index (χ0n) is 81.7. The van der Waals surface area contributed by atoms with Crippen molar-refractivity contribution in [2.75, 3.05) is 54.9 Å². The Morgan fingerprint density at radius 2 is 0.716 bits per heavy atom. The van der Waals surface area contributed by atoms with Crippen LogP contribution in [0.4, 0.5) is 21.0 Å². The molecule has 12 fully saturated rings. The second kappa shape index (κ2) is 46.4. The van der Waals surface area contributed by atoms with Crippen molar-refractivity contribution in [1.29, 1.82) is 0 Å². The normalized spacial score (nSPS) is 34.7. The van der Waals surface area contributed by atoms with Gasteiger partial charge in [-0.1, -0.05) is 88.1 Å². The molecule has 14 rings (SSSR count). The van der Waals surface area contributed by atoms with Crippen LogP contribution in [-0.4, -0.2) is 235 Å². The number of methoxy groups -OCH3 is 4. The molecule has 37 heteroatoms. The number of carbonyl (C=O) groups excluding carboxylic acids is 7. The summed E-state index contributed by atoms with van der Waals surface area (Å²) in [6.07, 6.45) is 14.7. The van der Waals surface area contributed by atoms with E-state index in [1.807, 2.05) is 41.5 Å². The van der Waals surface area contributed by atoms with Crippen molar-refractivity contribution in [3.05, 3.63) is 115 Å². The quantitative estimate of drug-likeness (QED) is 0.00647. The summed E-state index contributed by atoms with van der Waals surface area (Å²) >= 11 is 4.92. The second-order valence-electron chi connectivity index (χ2n) is 40.1. The molecule has 27 atom stereocenters. The number of rotatable bonds is 33. The summed E-state index contributed by atoms with van der Waals surface area (Å²) in [6, 6.07) is 9.77. The number of hydrogen-bond acceptors (Lipinski definition) is 30. The molecule has 4 saturated carbocycles. The van der Waals surface area contributed by atoms with Crippen LogP contribution in [0, 0.1) is 73.5 Å². The predicted molar refractivity (Wildman–Crippen MR) is 496 cm³/mol. The van der Waals surface area contributed by atoms with Crippen LogP contribution in [0.2, 0.25) is 0 Å². The first kappa shape index (κ1) is 112. The van der Waals surface area contributed by atoms with E-state index in [4.69, 9.17) is 110 Å². The summed E-state index contributed by atoms with van der Waals surface area (Å²) in [5.41, 5.74) is 22.7. The third-order valence-corrected chi connectivity index (χ3v) is 28.5. The molecule has 0 unspecified atom stereocenters. The molecule has 134 heavy (non-hydrogen) atoms. The van der Waals surface area contributed by atoms with Crippen LogP contribution in [-0.2, 0) is 95.0 Å². The van der Waals surface area contributed by atoms with Crippen molar-refractivity contribution in [2.24, 2.45) is 76.2 Å². The van der Waals surface area contributed by atoms with Crippen LogP contribution in [0.25, 0.3) is 0 Å². The number of hydrogen-bond donors (Lipinski definition) is 5. The van der Waals surface area contributed by atoms with Crippen molar-refractivity contribution < 1.29 is 129 Å². The SMILES string of the molecule is CC(C)[C@@H](N)C(N)=O.CO[C@@H]1[C@H](O)CC[C@]2(CO2)[C@H]1[C@@]1(C)O[C@@H]1CC=C(C)C.CO[C@@H]1[C@H](OC(=O)C[C@@H](C(N)=O)C(C)C)CC[C@]2(CO2)[C@H]1[C@@]1(C)O[C@@H]1CC=C(C)C.CO[C@@H]1[C@H](OC(=O)C[C@@H](C(N)=O)C(C)C)CC[C@]2(CO2)[C@H]1[C@@]1(C)O[C@@H]1CC=C(C)C.CO[C@@H]1[C@H](OC(=O)Oc2ccc([N+](=O)[O-])cc2)CC[C@]2(CO2)[C@H]1[C@@]1(C)O[C@@H]1CC=C(C)C.Cl.O=C(Cl)Oc1ccc([N+](=O)[O-])cc1. The zero-order valence-corrected chi connectivity index (χ0v) is 83.3. The summed E-state index contributed by atoms with van der Waals surface area (Å²) in [5.74, 6) is -2.82. The van der Waals surface area contributed by atoms with Gasteiger partial charge in [0.2, 0.25) is 17.7 Å². The summed E-state index contributed by atoms with van der Waals surface area (Å²) in [7, 11) is 6.58. The molecule has 0 bridgehead atoms. The van der Waals surface area contributed by atoms with Gasteiger partial charge in [0.25, 0.3) is 11.4 Å². The number of esters is 2. The molecule has 8 saturated heterocycles. The van der Waals surface area contributed by atoms with Gasteiger partial charge < -0.3 is 109 Å². The van der Waals surface area contributed by atoms with E-state index in [1.165, 1.54) is 70.8 Å². The van der Waals surface area contributed by atoms with Crippen molar-refractivity contribution in [3.63, 3.8) is 0 Å². The molecule has 2 aromatic carbocycles. The molecular weight excluding hydrogens is 1780 g/mol. The highest BCUT2D eigenvalue weighted by Gasteiger charge is 2.76. The lowest BCUT2D eigenvalue weighted by Crippen LogP contribution is -2.55. The van der Waals surface area contributed by atoms with Gasteiger partial charge in [-0.3, -0.25) is 44.2 Å². The minimum atomic E-state index is -0.978. The van der Waals surface area contributed by atoms with Crippen molar-refractivity contribution >= 4 is 76.6 Å². The van der Waals surface area contributed by atoms with Gasteiger partial charge in [-0.2, -0.15) is 0 Å². The molecule has 4 aliphatic carbocycles. The number of nitro benzene ring substituents is 2. The highest BCUT2D eigenvalue weighted by atomic mass is 35.5. The first-order chi connectivity index (χ1) is 62.3. The number of epoxide rings is 8. The lowest BCUT2D eigenvalue weighted by atomic mass is 9.68. The molecular formula is C97H146Cl2N6O29. The fraction of sp³-hybridized carbons (Fsp3) is 0.722. The number of allylic oxidation sites excluding steroid dienone is 4. The minimum absolute atomic E-state index is 0. The number of primary amides is 3. The Bertz CT molecular complexity index is 4380. The largest absolute Gasteiger partial charge is 0.514 e. The number of nitrogens with two attached hydrogens (primary N) is 4. The van der Waals surface area contributed by atoms with Gasteiger partial charge in [0.15, 0.2) is 0 Å². The topological polar surface area (TPSA) is 513 Å². The Labute approximate surface area is 798 Å². The Morgan fingerprint density at radius 3 is 0.940 bits per heavy atom. The minimum Gasteiger partial charge on any atom is -0.460 e. The van der Waals surface area contributed by atoms with Crippen LogP contribution in [0.5, 0.6) is 11.5 Å². The van der Waals surface area contributed by atoms with Crippen molar-refractivity contribution in [2.45, 2.75) is 339 Å². The number of halogens is 2. The van der Waals surface area contributed by atoms with E-state index in [9.17, 15) is 58.9 Å². The summed E-state index contributed by atoms with van der Waals surface area (Å²) in [6.45, 7) is 39.1. The third-order valence-electron chi connectivity index (χ3n) is 28.4. The number of nitro groups is 2. The highest BCUT2D eigenvalue weighted by molar-refractivity contribution is 6.61. The van der Waals surface area contributed by atoms with Gasteiger partial charge in [0.1, 0.15) is 87.3 Å². The molecule has 35 nitrogen and oxygen atoms in total. The Morgan fingerprint density at radius 1 is 0.448 bits per heavy atom. The number of amides is 3. The molecule has 0 aromatic heterocycles. The molecule has 12 aliphatic rings. The molecule has 8 heterocycles. The standard InChI is InChI=1S/C23H29NO8.2C23H37NO6.C16H26O4.C7H4ClNO4.C5H12N2O.ClH/c1-14(2)5-10-18-22(3,32-18)20-19(28-4)17(11-12-23(20)13-29-23)31-21(25)30-16-8-6-15(7-9-16)24(26)27;2*1-13(2)7-8-17-22(5,30-17)20-19(27-6)16(9-10-23(20)12-28-23)29-18(25)11-15(14(3)4)21(24)26;1-10(2)5-6-12-15(3,20-12)14-13(18-4)11(17)7-8-16(14)9-19-16;8-7(10)13-6-3-1-5(2-4-6)9(11)12;1-3(2)4(6)5(7)8;/h5-9,17-20H,10-13H2,1-4H3;2*7,14-17,19-20H,8-12H2,1-6H3,(H2,24,26);5,11-14,17H,6-9H2,1-4H3;1-4H;3-4H,6H2,1-2H3,(H2,7,8);1H/t17-,18-,19-,20-,22+,23+;2*15-,16-,17-,19-,20-,22+,23+;11-,12-,13-,14-,15+,16+;;4-;/m1111.1./s1. The van der Waals surface area contributed by atoms with E-state index >= 15 is 0 Å². The number of nitrogens with zero attached hydrogens (tertiary/aromatic N) is 2. The van der Waals surface area contributed by atoms with Crippen molar-refractivity contribution in [3.8, 4) is 11.5 Å². The van der Waals surface area contributed by atoms with Crippen LogP contribution in [0.15, 0.2) is 95.1 Å². The average molecular weight is 1930 g/mol. The van der Waals surface area contributed by atoms with Gasteiger partial charge in [-0.25, -0.2) is 9.59 Å². The van der Waals surface area contributed by atoms with Crippen LogP contribution in [0.1, 0.15) is 215 Å². The Balaban J connectivity index is 0.000000206. The summed E-state index contributed by atoms with van der Waals surface area (Å²) in [5, 5.41) is 31.2. The smallest absolute Gasteiger partial charge is 0.460 e. The highest BCUT2D eigenvalue weighted by Crippen LogP contribution is 2.64. The fourth-order valence-corrected chi connectivity index (χ4v) is 20.3. The number of non-ortho nitro benzene ring substituents is 2. The number of ether oxygens (including phenoxy) is 17. The molecule has 4 spiro atoms. The third kappa shape index (κ3) is 27.9. The first-order valence-electron chi connectivity index (χ1n) is 46.2. The van der Waals surface area contributed by atoms with Crippen LogP contribution >= 0.6 is 24.0 Å². The van der Waals surface area contributed by atoms with Gasteiger partial charge >= 0.3 is 23.5 Å². The zero-order chi connectivity index (χ0) is 98.8. The van der Waals surface area contributed by atoms with Gasteiger partial charge in [-0.05, 0) is 202 Å². The molecule has 9 N–H and O–H groups in total. The average Bonchev–Trinajstić information content (AvgIpc) is 1.54. The van der Waals surface area contributed by atoms with E-state index in [0.717, 1.165) is 64.4 Å². The fourth-order valence-electron chi connectivity index (χ4n) is 20.2. The summed E-state index contributed by atoms with van der Waals surface area (Å²) in [4.78, 5) is 101. The molecule has 0 radical (unpaired) electrons. The van der Waals surface area contributed by atoms with E-state index in [2.05, 4.69) is 112 Å². The monoisotopic (exact) mass is 1930 g/mol. The van der Waals surface area contributed by atoms with E-state index in [0.29, 0.717) is 39.1 Å². The summed E-state index contributed by atoms with van der Waals surface area (Å²) < 4.78 is 98.3. The van der Waals surface area contributed by atoms with E-state index < -0.39 is 105 Å². The number of aliphatic hydroxyl groups excluding tert-OH is 1.